The molecule has 0 heterocycles. The van der Waals surface area contributed by atoms with Crippen molar-refractivity contribution < 1.29 is 17.9 Å². The van der Waals surface area contributed by atoms with E-state index in [0.29, 0.717) is 17.0 Å². The first-order valence-corrected chi connectivity index (χ1v) is 9.62. The van der Waals surface area contributed by atoms with Gasteiger partial charge in [-0.3, -0.25) is 4.79 Å². The number of sulfonamides is 1. The van der Waals surface area contributed by atoms with Crippen LogP contribution in [0.4, 0.5) is 5.69 Å². The van der Waals surface area contributed by atoms with E-state index in [1.54, 1.807) is 32.0 Å². The minimum atomic E-state index is -3.59. The molecule has 0 unspecified atom stereocenters. The van der Waals surface area contributed by atoms with E-state index in [2.05, 4.69) is 5.32 Å². The molecule has 26 heavy (non-hydrogen) atoms. The van der Waals surface area contributed by atoms with Gasteiger partial charge in [-0.15, -0.1) is 0 Å². The highest BCUT2D eigenvalue weighted by atomic mass is 32.2. The molecule has 2 rings (SSSR count). The van der Waals surface area contributed by atoms with Crippen LogP contribution in [-0.4, -0.2) is 38.8 Å². The number of nitrogens with zero attached hydrogens (tertiary/aromatic N) is 1. The van der Waals surface area contributed by atoms with Gasteiger partial charge in [-0.05, 0) is 56.2 Å². The molecule has 0 radical (unpaired) electrons. The van der Waals surface area contributed by atoms with Crippen LogP contribution in [-0.2, 0) is 14.8 Å². The Labute approximate surface area is 154 Å². The minimum Gasteiger partial charge on any atom is -0.481 e. The molecule has 0 saturated heterocycles. The van der Waals surface area contributed by atoms with E-state index >= 15 is 0 Å². The van der Waals surface area contributed by atoms with Gasteiger partial charge in [-0.1, -0.05) is 18.2 Å². The summed E-state index contributed by atoms with van der Waals surface area (Å²) in [4.78, 5) is 12.5. The normalized spacial score (nSPS) is 12.7. The van der Waals surface area contributed by atoms with E-state index in [9.17, 15) is 13.2 Å². The van der Waals surface area contributed by atoms with Gasteiger partial charge in [0, 0.05) is 19.8 Å². The van der Waals surface area contributed by atoms with Crippen molar-refractivity contribution in [2.75, 3.05) is 19.4 Å². The lowest BCUT2D eigenvalue weighted by Gasteiger charge is -2.17. The van der Waals surface area contributed by atoms with Crippen molar-refractivity contribution in [3.05, 3.63) is 53.6 Å². The molecule has 2 aromatic rings. The van der Waals surface area contributed by atoms with Gasteiger partial charge in [0.25, 0.3) is 5.91 Å². The van der Waals surface area contributed by atoms with Gasteiger partial charge in [0.2, 0.25) is 10.0 Å². The van der Waals surface area contributed by atoms with Crippen molar-refractivity contribution in [3.8, 4) is 5.75 Å². The number of amides is 1. The zero-order valence-corrected chi connectivity index (χ0v) is 16.4. The van der Waals surface area contributed by atoms with Crippen molar-refractivity contribution >= 4 is 21.6 Å². The monoisotopic (exact) mass is 376 g/mol. The molecule has 0 aromatic heterocycles. The molecule has 1 atom stereocenters. The molecule has 1 amide bonds. The average Bonchev–Trinajstić information content (AvgIpc) is 2.56. The molecule has 0 bridgehead atoms. The van der Waals surface area contributed by atoms with Crippen LogP contribution in [0, 0.1) is 13.8 Å². The largest absolute Gasteiger partial charge is 0.481 e. The number of anilines is 1. The number of benzene rings is 2. The quantitative estimate of drug-likeness (QED) is 0.841. The fourth-order valence-corrected chi connectivity index (χ4v) is 3.49. The Hall–Kier alpha value is -2.38. The van der Waals surface area contributed by atoms with E-state index in [-0.39, 0.29) is 10.8 Å². The maximum absolute atomic E-state index is 12.4. The Morgan fingerprint density at radius 1 is 1.12 bits per heavy atom. The second kappa shape index (κ2) is 7.88. The Balaban J connectivity index is 2.16. The number of rotatable bonds is 6. The predicted molar refractivity (Wildman–Crippen MR) is 102 cm³/mol. The minimum absolute atomic E-state index is 0.160. The summed E-state index contributed by atoms with van der Waals surface area (Å²) in [5.74, 6) is 0.246. The van der Waals surface area contributed by atoms with Gasteiger partial charge in [0.05, 0.1) is 4.90 Å². The molecule has 1 N–H and O–H groups in total. The molecular weight excluding hydrogens is 352 g/mol. The molecular formula is C19H24N2O4S. The zero-order chi connectivity index (χ0) is 19.5. The van der Waals surface area contributed by atoms with E-state index in [1.165, 1.54) is 20.2 Å². The van der Waals surface area contributed by atoms with Crippen LogP contribution in [0.1, 0.15) is 18.1 Å². The van der Waals surface area contributed by atoms with Gasteiger partial charge in [0.15, 0.2) is 6.10 Å². The van der Waals surface area contributed by atoms with Gasteiger partial charge in [-0.2, -0.15) is 0 Å². The van der Waals surface area contributed by atoms with E-state index in [1.807, 2.05) is 25.1 Å². The van der Waals surface area contributed by atoms with Crippen molar-refractivity contribution in [2.45, 2.75) is 31.8 Å². The Bertz CT molecular complexity index is 908. The lowest BCUT2D eigenvalue weighted by molar-refractivity contribution is -0.122. The molecule has 0 aliphatic carbocycles. The van der Waals surface area contributed by atoms with Crippen LogP contribution in [0.5, 0.6) is 5.75 Å². The average molecular weight is 376 g/mol. The standard InChI is InChI=1S/C19H24N2O4S/c1-13-7-6-8-17(11-13)25-15(3)19(22)20-16-10-9-14(2)18(12-16)26(23,24)21(4)5/h6-12,15H,1-5H3,(H,20,22)/t15-/m0/s1. The SMILES string of the molecule is Cc1cccc(O[C@@H](C)C(=O)Nc2ccc(C)c(S(=O)(=O)N(C)C)c2)c1. The molecule has 0 spiro atoms. The zero-order valence-electron chi connectivity index (χ0n) is 15.6. The van der Waals surface area contributed by atoms with Crippen LogP contribution in [0.3, 0.4) is 0 Å². The summed E-state index contributed by atoms with van der Waals surface area (Å²) in [5, 5.41) is 2.71. The maximum Gasteiger partial charge on any atom is 0.265 e. The highest BCUT2D eigenvalue weighted by Gasteiger charge is 2.21. The Morgan fingerprint density at radius 2 is 1.81 bits per heavy atom. The van der Waals surface area contributed by atoms with Gasteiger partial charge >= 0.3 is 0 Å². The van der Waals surface area contributed by atoms with Crippen molar-refractivity contribution in [2.24, 2.45) is 0 Å². The van der Waals surface area contributed by atoms with Crippen molar-refractivity contribution in [3.63, 3.8) is 0 Å². The number of aryl methyl sites for hydroxylation is 2. The Kier molecular flexibility index (Phi) is 6.05. The summed E-state index contributed by atoms with van der Waals surface area (Å²) in [6, 6.07) is 12.2. The molecule has 140 valence electrons. The molecule has 7 heteroatoms. The molecule has 0 aliphatic rings. The summed E-state index contributed by atoms with van der Waals surface area (Å²) in [6.07, 6.45) is -0.730. The third-order valence-corrected chi connectivity index (χ3v) is 5.84. The predicted octanol–water partition coefficient (Wildman–Crippen LogP) is 2.96. The van der Waals surface area contributed by atoms with E-state index in [4.69, 9.17) is 4.74 Å². The van der Waals surface area contributed by atoms with Crippen LogP contribution in [0.2, 0.25) is 0 Å². The molecule has 0 fully saturated rings. The fraction of sp³-hybridized carbons (Fsp3) is 0.316. The Morgan fingerprint density at radius 3 is 2.42 bits per heavy atom. The summed E-state index contributed by atoms with van der Waals surface area (Å²) in [6.45, 7) is 5.30. The van der Waals surface area contributed by atoms with E-state index in [0.717, 1.165) is 9.87 Å². The maximum atomic E-state index is 12.4. The number of nitrogens with one attached hydrogen (secondary N) is 1. The van der Waals surface area contributed by atoms with Crippen molar-refractivity contribution in [1.82, 2.24) is 4.31 Å². The molecule has 6 nitrogen and oxygen atoms in total. The molecule has 0 aliphatic heterocycles. The number of hydrogen-bond acceptors (Lipinski definition) is 4. The van der Waals surface area contributed by atoms with Crippen LogP contribution in [0.25, 0.3) is 0 Å². The first kappa shape index (κ1) is 19.9. The topological polar surface area (TPSA) is 75.7 Å². The molecule has 0 saturated carbocycles. The van der Waals surface area contributed by atoms with Crippen LogP contribution in [0.15, 0.2) is 47.4 Å². The third kappa shape index (κ3) is 4.62. The number of carbonyl (C=O) groups excluding carboxylic acids is 1. The lowest BCUT2D eigenvalue weighted by atomic mass is 10.2. The summed E-state index contributed by atoms with van der Waals surface area (Å²) in [7, 11) is -0.649. The van der Waals surface area contributed by atoms with Gasteiger partial charge < -0.3 is 10.1 Å². The second-order valence-electron chi connectivity index (χ2n) is 6.33. The first-order valence-electron chi connectivity index (χ1n) is 8.18. The molecule has 2 aromatic carbocycles. The van der Waals surface area contributed by atoms with Crippen LogP contribution >= 0.6 is 0 Å². The highest BCUT2D eigenvalue weighted by Crippen LogP contribution is 2.23. The fourth-order valence-electron chi connectivity index (χ4n) is 2.34. The van der Waals surface area contributed by atoms with Gasteiger partial charge in [-0.25, -0.2) is 12.7 Å². The lowest BCUT2D eigenvalue weighted by Crippen LogP contribution is -2.30. The summed E-state index contributed by atoms with van der Waals surface area (Å²) < 4.78 is 31.6. The highest BCUT2D eigenvalue weighted by molar-refractivity contribution is 7.89. The summed E-state index contributed by atoms with van der Waals surface area (Å²) >= 11 is 0. The van der Waals surface area contributed by atoms with E-state index < -0.39 is 16.1 Å². The number of carbonyl (C=O) groups is 1. The third-order valence-electron chi connectivity index (χ3n) is 3.89. The first-order chi connectivity index (χ1) is 12.1. The number of ether oxygens (including phenoxy) is 1. The van der Waals surface area contributed by atoms with Crippen molar-refractivity contribution in [1.29, 1.82) is 0 Å². The number of hydrogen-bond donors (Lipinski definition) is 1. The smallest absolute Gasteiger partial charge is 0.265 e. The van der Waals surface area contributed by atoms with Gasteiger partial charge in [0.1, 0.15) is 5.75 Å². The second-order valence-corrected chi connectivity index (χ2v) is 8.45. The van der Waals surface area contributed by atoms with Crippen LogP contribution < -0.4 is 10.1 Å². The summed E-state index contributed by atoms with van der Waals surface area (Å²) in [5.41, 5.74) is 2.05.